The van der Waals surface area contributed by atoms with E-state index in [1.165, 1.54) is 16.6 Å². The summed E-state index contributed by atoms with van der Waals surface area (Å²) in [6.45, 7) is 2.15. The molecule has 130 valence electrons. The van der Waals surface area contributed by atoms with E-state index in [0.717, 1.165) is 12.0 Å². The van der Waals surface area contributed by atoms with Crippen LogP contribution in [0.4, 0.5) is 0 Å². The fourth-order valence-electron chi connectivity index (χ4n) is 3.05. The van der Waals surface area contributed by atoms with Crippen LogP contribution in [0.2, 0.25) is 0 Å². The summed E-state index contributed by atoms with van der Waals surface area (Å²) in [6, 6.07) is 14.4. The molecule has 0 aliphatic rings. The number of hydrogen-bond acceptors (Lipinski definition) is 3. The third-order valence-corrected chi connectivity index (χ3v) is 4.29. The quantitative estimate of drug-likeness (QED) is 0.629. The molecule has 0 atom stereocenters. The minimum Gasteiger partial charge on any atom is -0.493 e. The van der Waals surface area contributed by atoms with Crippen LogP contribution in [0.3, 0.4) is 0 Å². The van der Waals surface area contributed by atoms with Gasteiger partial charge in [0.05, 0.1) is 26.8 Å². The van der Waals surface area contributed by atoms with E-state index in [-0.39, 0.29) is 0 Å². The topological polar surface area (TPSA) is 32.6 Å². The summed E-state index contributed by atoms with van der Waals surface area (Å²) >= 11 is 0. The van der Waals surface area contributed by atoms with Gasteiger partial charge < -0.3 is 18.8 Å². The minimum absolute atomic E-state index is 0.603. The van der Waals surface area contributed by atoms with Crippen LogP contribution in [0.5, 0.6) is 17.2 Å². The number of hydrogen-bond donors (Lipinski definition) is 0. The molecule has 1 aromatic heterocycles. The van der Waals surface area contributed by atoms with E-state index in [9.17, 15) is 0 Å². The number of aromatic nitrogens is 1. The number of methoxy groups -OCH3 is 3. The van der Waals surface area contributed by atoms with Crippen LogP contribution in [-0.4, -0.2) is 25.9 Å². The predicted molar refractivity (Wildman–Crippen MR) is 102 cm³/mol. The van der Waals surface area contributed by atoms with Crippen LogP contribution in [0.1, 0.15) is 18.9 Å². The lowest BCUT2D eigenvalue weighted by Crippen LogP contribution is -1.97. The Bertz CT molecular complexity index is 883. The predicted octanol–water partition coefficient (Wildman–Crippen LogP) is 5.08. The SMILES string of the molecule is CCC(=Cc1cc(OC)c(OC)c(OC)c1)n1ccc2ccccc21. The third-order valence-electron chi connectivity index (χ3n) is 4.29. The Balaban J connectivity index is 2.11. The van der Waals surface area contributed by atoms with Gasteiger partial charge >= 0.3 is 0 Å². The van der Waals surface area contributed by atoms with Gasteiger partial charge in [-0.25, -0.2) is 0 Å². The van der Waals surface area contributed by atoms with Gasteiger partial charge in [0.15, 0.2) is 11.5 Å². The van der Waals surface area contributed by atoms with Crippen LogP contribution in [0, 0.1) is 0 Å². The summed E-state index contributed by atoms with van der Waals surface area (Å²) in [4.78, 5) is 0. The van der Waals surface area contributed by atoms with Crippen molar-refractivity contribution in [1.29, 1.82) is 0 Å². The van der Waals surface area contributed by atoms with Crippen LogP contribution in [0.15, 0.2) is 48.7 Å². The fourth-order valence-corrected chi connectivity index (χ4v) is 3.05. The van der Waals surface area contributed by atoms with Gasteiger partial charge in [-0.2, -0.15) is 0 Å². The Morgan fingerprint density at radius 3 is 2.24 bits per heavy atom. The van der Waals surface area contributed by atoms with Gasteiger partial charge in [0.2, 0.25) is 5.75 Å². The molecule has 0 amide bonds. The highest BCUT2D eigenvalue weighted by Crippen LogP contribution is 2.39. The maximum absolute atomic E-state index is 5.45. The second kappa shape index (κ2) is 7.34. The zero-order valence-corrected chi connectivity index (χ0v) is 15.1. The van der Waals surface area contributed by atoms with Crippen LogP contribution < -0.4 is 14.2 Å². The molecule has 4 nitrogen and oxygen atoms in total. The van der Waals surface area contributed by atoms with Crippen molar-refractivity contribution < 1.29 is 14.2 Å². The molecule has 0 saturated heterocycles. The lowest BCUT2D eigenvalue weighted by Gasteiger charge is -2.14. The zero-order chi connectivity index (χ0) is 17.8. The monoisotopic (exact) mass is 337 g/mol. The first-order chi connectivity index (χ1) is 12.2. The highest BCUT2D eigenvalue weighted by atomic mass is 16.5. The number of fused-ring (bicyclic) bond motifs is 1. The number of rotatable bonds is 6. The molecule has 0 aliphatic heterocycles. The van der Waals surface area contributed by atoms with Crippen molar-refractivity contribution in [2.75, 3.05) is 21.3 Å². The second-order valence-electron chi connectivity index (χ2n) is 5.69. The van der Waals surface area contributed by atoms with Crippen molar-refractivity contribution in [3.63, 3.8) is 0 Å². The zero-order valence-electron chi connectivity index (χ0n) is 15.1. The maximum atomic E-state index is 5.45. The standard InChI is InChI=1S/C21H23NO3/c1-5-17(22-11-10-16-8-6-7-9-18(16)22)12-15-13-19(23-2)21(25-4)20(14-15)24-3/h6-14H,5H2,1-4H3. The van der Waals surface area contributed by atoms with E-state index in [4.69, 9.17) is 14.2 Å². The second-order valence-corrected chi connectivity index (χ2v) is 5.69. The van der Waals surface area contributed by atoms with Crippen molar-refractivity contribution in [2.45, 2.75) is 13.3 Å². The Kier molecular flexibility index (Phi) is 4.98. The highest BCUT2D eigenvalue weighted by Gasteiger charge is 2.13. The summed E-state index contributed by atoms with van der Waals surface area (Å²) in [5.41, 5.74) is 3.39. The van der Waals surface area contributed by atoms with Gasteiger partial charge in [0, 0.05) is 11.9 Å². The Labute approximate surface area is 148 Å². The van der Waals surface area contributed by atoms with Crippen molar-refractivity contribution in [1.82, 2.24) is 4.57 Å². The molecule has 2 aromatic carbocycles. The summed E-state index contributed by atoms with van der Waals surface area (Å²) in [5.74, 6) is 1.91. The Morgan fingerprint density at radius 2 is 1.64 bits per heavy atom. The number of nitrogens with zero attached hydrogens (tertiary/aromatic N) is 1. The first-order valence-corrected chi connectivity index (χ1v) is 8.28. The molecule has 0 radical (unpaired) electrons. The van der Waals surface area contributed by atoms with E-state index in [0.29, 0.717) is 17.2 Å². The highest BCUT2D eigenvalue weighted by molar-refractivity contribution is 5.86. The molecule has 0 bridgehead atoms. The number of allylic oxidation sites excluding steroid dienone is 1. The number of para-hydroxylation sites is 1. The minimum atomic E-state index is 0.603. The molecular weight excluding hydrogens is 314 g/mol. The number of benzene rings is 2. The lowest BCUT2D eigenvalue weighted by atomic mass is 10.1. The van der Waals surface area contributed by atoms with E-state index in [2.05, 4.69) is 54.1 Å². The van der Waals surface area contributed by atoms with Crippen molar-refractivity contribution >= 4 is 22.7 Å². The Morgan fingerprint density at radius 1 is 0.960 bits per heavy atom. The average Bonchev–Trinajstić information content (AvgIpc) is 3.09. The van der Waals surface area contributed by atoms with Gasteiger partial charge in [-0.3, -0.25) is 0 Å². The van der Waals surface area contributed by atoms with E-state index in [1.807, 2.05) is 12.1 Å². The lowest BCUT2D eigenvalue weighted by molar-refractivity contribution is 0.324. The third kappa shape index (κ3) is 3.20. The van der Waals surface area contributed by atoms with Gasteiger partial charge in [-0.1, -0.05) is 25.1 Å². The molecule has 0 aliphatic carbocycles. The van der Waals surface area contributed by atoms with Crippen LogP contribution in [-0.2, 0) is 0 Å². The molecule has 0 fully saturated rings. The van der Waals surface area contributed by atoms with E-state index >= 15 is 0 Å². The smallest absolute Gasteiger partial charge is 0.203 e. The molecular formula is C21H23NO3. The molecule has 0 unspecified atom stereocenters. The largest absolute Gasteiger partial charge is 0.493 e. The summed E-state index contributed by atoms with van der Waals surface area (Å²) in [7, 11) is 4.87. The maximum Gasteiger partial charge on any atom is 0.203 e. The fraction of sp³-hybridized carbons (Fsp3) is 0.238. The normalized spacial score (nSPS) is 11.6. The Hall–Kier alpha value is -2.88. The van der Waals surface area contributed by atoms with Gasteiger partial charge in [0.25, 0.3) is 0 Å². The van der Waals surface area contributed by atoms with Gasteiger partial charge in [-0.15, -0.1) is 0 Å². The van der Waals surface area contributed by atoms with E-state index < -0.39 is 0 Å². The molecule has 25 heavy (non-hydrogen) atoms. The van der Waals surface area contributed by atoms with Gasteiger partial charge in [0.1, 0.15) is 0 Å². The van der Waals surface area contributed by atoms with Crippen LogP contribution >= 0.6 is 0 Å². The van der Waals surface area contributed by atoms with Crippen molar-refractivity contribution in [3.05, 3.63) is 54.2 Å². The number of ether oxygens (including phenoxy) is 3. The molecule has 3 rings (SSSR count). The molecule has 0 N–H and O–H groups in total. The first-order valence-electron chi connectivity index (χ1n) is 8.28. The average molecular weight is 337 g/mol. The van der Waals surface area contributed by atoms with Gasteiger partial charge in [-0.05, 0) is 47.7 Å². The summed E-state index contributed by atoms with van der Waals surface area (Å²) in [6.07, 6.45) is 5.16. The molecule has 1 heterocycles. The molecule has 0 spiro atoms. The molecule has 0 saturated carbocycles. The first kappa shape index (κ1) is 17.0. The molecule has 4 heteroatoms. The summed E-state index contributed by atoms with van der Waals surface area (Å²) < 4.78 is 18.5. The molecule has 3 aromatic rings. The van der Waals surface area contributed by atoms with Crippen LogP contribution in [0.25, 0.3) is 22.7 Å². The van der Waals surface area contributed by atoms with Crippen molar-refractivity contribution in [3.8, 4) is 17.2 Å². The van der Waals surface area contributed by atoms with Crippen molar-refractivity contribution in [2.24, 2.45) is 0 Å². The summed E-state index contributed by atoms with van der Waals surface area (Å²) in [5, 5.41) is 1.23. The van der Waals surface area contributed by atoms with E-state index in [1.54, 1.807) is 21.3 Å².